The van der Waals surface area contributed by atoms with E-state index < -0.39 is 12.1 Å². The van der Waals surface area contributed by atoms with Gasteiger partial charge in [-0.1, -0.05) is 42.5 Å². The summed E-state index contributed by atoms with van der Waals surface area (Å²) in [7, 11) is 3.36. The van der Waals surface area contributed by atoms with Gasteiger partial charge in [0.2, 0.25) is 5.91 Å². The van der Waals surface area contributed by atoms with E-state index in [1.807, 2.05) is 59.5 Å². The van der Waals surface area contributed by atoms with E-state index in [0.29, 0.717) is 26.1 Å². The van der Waals surface area contributed by atoms with Crippen LogP contribution in [-0.4, -0.2) is 71.5 Å². The molecule has 0 saturated carbocycles. The lowest BCUT2D eigenvalue weighted by Crippen LogP contribution is -2.44. The molecule has 3 aromatic carbocycles. The zero-order valence-corrected chi connectivity index (χ0v) is 23.7. The van der Waals surface area contributed by atoms with Gasteiger partial charge in [0.15, 0.2) is 0 Å². The zero-order valence-electron chi connectivity index (χ0n) is 23.7. The molecule has 0 unspecified atom stereocenters. The monoisotopic (exact) mass is 558 g/mol. The van der Waals surface area contributed by atoms with Gasteiger partial charge in [-0.25, -0.2) is 9.78 Å². The summed E-state index contributed by atoms with van der Waals surface area (Å²) in [4.78, 5) is 32.1. The Labute approximate surface area is 240 Å². The second-order valence-corrected chi connectivity index (χ2v) is 10.7. The first-order valence-electron chi connectivity index (χ1n) is 14.2. The van der Waals surface area contributed by atoms with E-state index in [1.54, 1.807) is 14.2 Å². The third-order valence-electron chi connectivity index (χ3n) is 7.90. The van der Waals surface area contributed by atoms with Gasteiger partial charge >= 0.3 is 6.09 Å². The van der Waals surface area contributed by atoms with Crippen molar-refractivity contribution in [3.8, 4) is 5.75 Å². The molecule has 216 valence electrons. The number of hydrogen-bond donors (Lipinski definition) is 2. The van der Waals surface area contributed by atoms with Crippen molar-refractivity contribution in [3.05, 3.63) is 72.1 Å². The van der Waals surface area contributed by atoms with Gasteiger partial charge in [0, 0.05) is 57.8 Å². The van der Waals surface area contributed by atoms with Crippen molar-refractivity contribution in [1.29, 1.82) is 0 Å². The van der Waals surface area contributed by atoms with Crippen molar-refractivity contribution >= 4 is 33.8 Å². The van der Waals surface area contributed by atoms with Crippen LogP contribution in [0.5, 0.6) is 5.75 Å². The molecule has 0 aliphatic carbocycles. The standard InChI is InChI=1S/C32H38N4O5/c1-40-16-6-15-36-29-20-27(41-2)12-13-28(29)34-31(36)25-9-5-14-35(21-25)30(37)19-26(33-32(38)39)18-22-10-11-23-7-3-4-8-24(23)17-22/h3-4,7-8,10-13,17,20,25-26,33H,5-6,9,14-16,18-19,21H2,1-2H3,(H,38,39)/t25-,26-/m1/s1. The van der Waals surface area contributed by atoms with E-state index in [0.717, 1.165) is 64.8 Å². The maximum Gasteiger partial charge on any atom is 0.404 e. The fourth-order valence-electron chi connectivity index (χ4n) is 5.92. The van der Waals surface area contributed by atoms with Gasteiger partial charge in [0.25, 0.3) is 0 Å². The first-order valence-corrected chi connectivity index (χ1v) is 14.2. The lowest BCUT2D eigenvalue weighted by molar-refractivity contribution is -0.132. The van der Waals surface area contributed by atoms with Crippen LogP contribution in [0.15, 0.2) is 60.7 Å². The summed E-state index contributed by atoms with van der Waals surface area (Å²) in [6.45, 7) is 2.61. The van der Waals surface area contributed by atoms with Crippen LogP contribution < -0.4 is 10.1 Å². The van der Waals surface area contributed by atoms with Crippen LogP contribution in [-0.2, 0) is 22.5 Å². The number of carbonyl (C=O) groups is 2. The summed E-state index contributed by atoms with van der Waals surface area (Å²) in [5.41, 5.74) is 2.91. The Kier molecular flexibility index (Phi) is 9.04. The highest BCUT2D eigenvalue weighted by Crippen LogP contribution is 2.31. The summed E-state index contributed by atoms with van der Waals surface area (Å²) in [5, 5.41) is 14.3. The van der Waals surface area contributed by atoms with E-state index in [-0.39, 0.29) is 18.2 Å². The Morgan fingerprint density at radius 1 is 1.10 bits per heavy atom. The van der Waals surface area contributed by atoms with Crippen molar-refractivity contribution < 1.29 is 24.2 Å². The third-order valence-corrected chi connectivity index (χ3v) is 7.90. The van der Waals surface area contributed by atoms with Gasteiger partial charge in [-0.2, -0.15) is 0 Å². The normalized spacial score (nSPS) is 16.1. The Bertz CT molecular complexity index is 1520. The molecule has 0 bridgehead atoms. The molecule has 2 amide bonds. The SMILES string of the molecule is COCCCn1c([C@@H]2CCCN(C(=O)C[C@@H](Cc3ccc4ccccc4c3)NC(=O)O)C2)nc2ccc(OC)cc21. The molecule has 2 atom stereocenters. The minimum absolute atomic E-state index is 0.0436. The Balaban J connectivity index is 1.32. The van der Waals surface area contributed by atoms with Crippen molar-refractivity contribution in [2.75, 3.05) is 33.9 Å². The number of likely N-dealkylation sites (tertiary alicyclic amines) is 1. The van der Waals surface area contributed by atoms with Crippen LogP contribution in [0.1, 0.15) is 43.0 Å². The van der Waals surface area contributed by atoms with Crippen LogP contribution in [0, 0.1) is 0 Å². The Morgan fingerprint density at radius 3 is 2.71 bits per heavy atom. The predicted octanol–water partition coefficient (Wildman–Crippen LogP) is 5.21. The number of carbonyl (C=O) groups excluding carboxylic acids is 1. The Morgan fingerprint density at radius 2 is 1.93 bits per heavy atom. The van der Waals surface area contributed by atoms with Crippen LogP contribution >= 0.6 is 0 Å². The maximum atomic E-state index is 13.6. The lowest BCUT2D eigenvalue weighted by atomic mass is 9.95. The Hall–Kier alpha value is -4.11. The number of fused-ring (bicyclic) bond motifs is 2. The lowest BCUT2D eigenvalue weighted by Gasteiger charge is -2.33. The van der Waals surface area contributed by atoms with Gasteiger partial charge in [-0.15, -0.1) is 0 Å². The van der Waals surface area contributed by atoms with Crippen LogP contribution in [0.4, 0.5) is 4.79 Å². The summed E-state index contributed by atoms with van der Waals surface area (Å²) < 4.78 is 13.0. The fraction of sp³-hybridized carbons (Fsp3) is 0.406. The quantitative estimate of drug-likeness (QED) is 0.245. The van der Waals surface area contributed by atoms with Gasteiger partial charge in [0.05, 0.1) is 18.1 Å². The summed E-state index contributed by atoms with van der Waals surface area (Å²) >= 11 is 0. The summed E-state index contributed by atoms with van der Waals surface area (Å²) in [6, 6.07) is 19.6. The largest absolute Gasteiger partial charge is 0.497 e. The number of aromatic nitrogens is 2. The molecule has 0 spiro atoms. The molecular formula is C32H38N4O5. The van der Waals surface area contributed by atoms with Crippen molar-refractivity contribution in [2.45, 2.75) is 50.6 Å². The molecule has 1 aliphatic rings. The average Bonchev–Trinajstić information content (AvgIpc) is 3.34. The number of nitrogens with one attached hydrogen (secondary N) is 1. The second kappa shape index (κ2) is 13.0. The first-order chi connectivity index (χ1) is 19.9. The summed E-state index contributed by atoms with van der Waals surface area (Å²) in [6.07, 6.45) is 2.06. The minimum Gasteiger partial charge on any atom is -0.497 e. The molecule has 1 aliphatic heterocycles. The van der Waals surface area contributed by atoms with Crippen LogP contribution in [0.25, 0.3) is 21.8 Å². The van der Waals surface area contributed by atoms with Crippen molar-refractivity contribution in [1.82, 2.24) is 19.8 Å². The topological polar surface area (TPSA) is 106 Å². The van der Waals surface area contributed by atoms with Gasteiger partial charge in [-0.3, -0.25) is 4.79 Å². The molecular weight excluding hydrogens is 520 g/mol. The number of rotatable bonds is 11. The molecule has 9 heteroatoms. The number of piperidine rings is 1. The highest BCUT2D eigenvalue weighted by molar-refractivity contribution is 5.83. The molecule has 0 radical (unpaired) electrons. The molecule has 2 heterocycles. The summed E-state index contributed by atoms with van der Waals surface area (Å²) in [5.74, 6) is 1.79. The van der Waals surface area contributed by atoms with Crippen molar-refractivity contribution in [2.24, 2.45) is 0 Å². The number of imidazole rings is 1. The zero-order chi connectivity index (χ0) is 28.8. The molecule has 1 fully saturated rings. The molecule has 2 N–H and O–H groups in total. The highest BCUT2D eigenvalue weighted by Gasteiger charge is 2.30. The first kappa shape index (κ1) is 28.4. The van der Waals surface area contributed by atoms with E-state index in [9.17, 15) is 14.7 Å². The van der Waals surface area contributed by atoms with Crippen molar-refractivity contribution in [3.63, 3.8) is 0 Å². The third kappa shape index (κ3) is 6.79. The van der Waals surface area contributed by atoms with Gasteiger partial charge in [0.1, 0.15) is 11.6 Å². The minimum atomic E-state index is -1.12. The average molecular weight is 559 g/mol. The number of benzene rings is 3. The molecule has 4 aromatic rings. The second-order valence-electron chi connectivity index (χ2n) is 10.7. The molecule has 1 aromatic heterocycles. The highest BCUT2D eigenvalue weighted by atomic mass is 16.5. The molecule has 5 rings (SSSR count). The fourth-order valence-corrected chi connectivity index (χ4v) is 5.92. The van der Waals surface area contributed by atoms with E-state index >= 15 is 0 Å². The van der Waals surface area contributed by atoms with Gasteiger partial charge < -0.3 is 29.4 Å². The molecule has 1 saturated heterocycles. The van der Waals surface area contributed by atoms with E-state index in [1.165, 1.54) is 0 Å². The predicted molar refractivity (Wildman–Crippen MR) is 159 cm³/mol. The smallest absolute Gasteiger partial charge is 0.404 e. The number of nitrogens with zero attached hydrogens (tertiary/aromatic N) is 3. The number of hydrogen-bond acceptors (Lipinski definition) is 5. The van der Waals surface area contributed by atoms with E-state index in [4.69, 9.17) is 14.5 Å². The number of aryl methyl sites for hydroxylation is 1. The van der Waals surface area contributed by atoms with E-state index in [2.05, 4.69) is 16.0 Å². The number of ether oxygens (including phenoxy) is 2. The molecule has 41 heavy (non-hydrogen) atoms. The van der Waals surface area contributed by atoms with Crippen LogP contribution in [0.2, 0.25) is 0 Å². The maximum absolute atomic E-state index is 13.6. The number of amides is 2. The van der Waals surface area contributed by atoms with Crippen LogP contribution in [0.3, 0.4) is 0 Å². The number of carboxylic acid groups (broad SMARTS) is 1. The van der Waals surface area contributed by atoms with Gasteiger partial charge in [-0.05, 0) is 54.2 Å². The number of methoxy groups -OCH3 is 2. The molecule has 9 nitrogen and oxygen atoms in total.